The van der Waals surface area contributed by atoms with Gasteiger partial charge in [0.2, 0.25) is 0 Å². The molecule has 0 aliphatic carbocycles. The summed E-state index contributed by atoms with van der Waals surface area (Å²) < 4.78 is 6.38. The minimum atomic E-state index is -0.399. The molecule has 0 radical (unpaired) electrons. The lowest BCUT2D eigenvalue weighted by Gasteiger charge is -2.02. The van der Waals surface area contributed by atoms with Crippen LogP contribution in [0.2, 0.25) is 5.02 Å². The summed E-state index contributed by atoms with van der Waals surface area (Å²) >= 11 is 5.97. The molecule has 5 nitrogen and oxygen atoms in total. The molecule has 0 unspecified atom stereocenters. The number of ether oxygens (including phenoxy) is 1. The number of carbonyl (C=O) groups is 1. The third-order valence-corrected chi connectivity index (χ3v) is 2.38. The van der Waals surface area contributed by atoms with Gasteiger partial charge in [-0.2, -0.15) is 5.10 Å². The molecule has 0 aliphatic heterocycles. The van der Waals surface area contributed by atoms with E-state index in [-0.39, 0.29) is 0 Å². The highest BCUT2D eigenvalue weighted by atomic mass is 35.5. The Labute approximate surface area is 103 Å². The maximum Gasteiger partial charge on any atom is 0.341 e. The summed E-state index contributed by atoms with van der Waals surface area (Å²) in [6.07, 6.45) is 6.13. The van der Waals surface area contributed by atoms with Crippen molar-refractivity contribution in [2.24, 2.45) is 0 Å². The molecule has 88 valence electrons. The number of esters is 1. The van der Waals surface area contributed by atoms with Crippen molar-refractivity contribution in [1.29, 1.82) is 0 Å². The maximum absolute atomic E-state index is 11.5. The number of pyridine rings is 1. The van der Waals surface area contributed by atoms with Gasteiger partial charge in [0.05, 0.1) is 29.1 Å². The van der Waals surface area contributed by atoms with Crippen molar-refractivity contribution < 1.29 is 9.53 Å². The van der Waals surface area contributed by atoms with Gasteiger partial charge < -0.3 is 4.74 Å². The quantitative estimate of drug-likeness (QED) is 0.784. The van der Waals surface area contributed by atoms with Crippen molar-refractivity contribution in [3.8, 4) is 5.69 Å². The first-order valence-electron chi connectivity index (χ1n) is 5.04. The molecular formula is C11H10ClN3O2. The monoisotopic (exact) mass is 251 g/mol. The van der Waals surface area contributed by atoms with Crippen LogP contribution in [0.3, 0.4) is 0 Å². The van der Waals surface area contributed by atoms with Crippen LogP contribution in [0.4, 0.5) is 0 Å². The van der Waals surface area contributed by atoms with Gasteiger partial charge in [0, 0.05) is 18.6 Å². The molecule has 0 saturated heterocycles. The zero-order chi connectivity index (χ0) is 12.3. The van der Waals surface area contributed by atoms with Gasteiger partial charge in [0.25, 0.3) is 0 Å². The van der Waals surface area contributed by atoms with E-state index in [1.54, 1.807) is 25.4 Å². The lowest BCUT2D eigenvalue weighted by atomic mass is 10.3. The van der Waals surface area contributed by atoms with Gasteiger partial charge in [-0.3, -0.25) is 4.98 Å². The molecule has 17 heavy (non-hydrogen) atoms. The van der Waals surface area contributed by atoms with Crippen molar-refractivity contribution in [1.82, 2.24) is 14.8 Å². The van der Waals surface area contributed by atoms with Crippen LogP contribution in [0.5, 0.6) is 0 Å². The number of carbonyl (C=O) groups excluding carboxylic acids is 1. The van der Waals surface area contributed by atoms with Gasteiger partial charge in [-0.05, 0) is 13.0 Å². The first kappa shape index (κ1) is 11.6. The normalized spacial score (nSPS) is 10.2. The Morgan fingerprint density at radius 2 is 2.35 bits per heavy atom. The molecule has 0 atom stereocenters. The van der Waals surface area contributed by atoms with Crippen molar-refractivity contribution in [2.75, 3.05) is 6.61 Å². The third-order valence-electron chi connectivity index (χ3n) is 2.09. The highest BCUT2D eigenvalue weighted by molar-refractivity contribution is 6.32. The molecule has 2 heterocycles. The van der Waals surface area contributed by atoms with Crippen LogP contribution in [0, 0.1) is 0 Å². The van der Waals surface area contributed by atoms with Gasteiger partial charge >= 0.3 is 5.97 Å². The molecule has 0 N–H and O–H groups in total. The summed E-state index contributed by atoms with van der Waals surface area (Å²) in [6.45, 7) is 2.09. The highest BCUT2D eigenvalue weighted by Gasteiger charge is 2.11. The number of aromatic nitrogens is 3. The lowest BCUT2D eigenvalue weighted by Crippen LogP contribution is -2.03. The average Bonchev–Trinajstić information content (AvgIpc) is 2.79. The van der Waals surface area contributed by atoms with Gasteiger partial charge in [0.1, 0.15) is 0 Å². The van der Waals surface area contributed by atoms with E-state index in [4.69, 9.17) is 16.3 Å². The Morgan fingerprint density at radius 1 is 1.53 bits per heavy atom. The summed E-state index contributed by atoms with van der Waals surface area (Å²) in [6, 6.07) is 1.71. The zero-order valence-corrected chi connectivity index (χ0v) is 9.89. The van der Waals surface area contributed by atoms with E-state index in [1.165, 1.54) is 17.1 Å². The Balaban J connectivity index is 2.30. The molecule has 0 bridgehead atoms. The van der Waals surface area contributed by atoms with Crippen LogP contribution >= 0.6 is 11.6 Å². The second-order valence-corrected chi connectivity index (χ2v) is 3.63. The molecule has 0 aromatic carbocycles. The van der Waals surface area contributed by atoms with Crippen LogP contribution in [-0.2, 0) is 4.74 Å². The van der Waals surface area contributed by atoms with E-state index < -0.39 is 5.97 Å². The lowest BCUT2D eigenvalue weighted by molar-refractivity contribution is 0.0526. The number of nitrogens with zero attached hydrogens (tertiary/aromatic N) is 3. The Bertz CT molecular complexity index is 539. The van der Waals surface area contributed by atoms with E-state index in [1.807, 2.05) is 0 Å². The maximum atomic E-state index is 11.5. The highest BCUT2D eigenvalue weighted by Crippen LogP contribution is 2.18. The largest absolute Gasteiger partial charge is 0.462 e. The summed E-state index contributed by atoms with van der Waals surface area (Å²) in [5.74, 6) is -0.399. The van der Waals surface area contributed by atoms with E-state index in [9.17, 15) is 4.79 Å². The summed E-state index contributed by atoms with van der Waals surface area (Å²) in [4.78, 5) is 15.3. The summed E-state index contributed by atoms with van der Waals surface area (Å²) in [7, 11) is 0. The zero-order valence-electron chi connectivity index (χ0n) is 9.13. The van der Waals surface area contributed by atoms with Crippen LogP contribution in [0.25, 0.3) is 5.69 Å². The van der Waals surface area contributed by atoms with Crippen LogP contribution in [0.15, 0.2) is 30.9 Å². The van der Waals surface area contributed by atoms with Crippen molar-refractivity contribution >= 4 is 17.6 Å². The molecule has 2 aromatic rings. The Hall–Kier alpha value is -1.88. The topological polar surface area (TPSA) is 57.0 Å². The smallest absolute Gasteiger partial charge is 0.341 e. The number of hydrogen-bond acceptors (Lipinski definition) is 4. The Morgan fingerprint density at radius 3 is 3.06 bits per heavy atom. The predicted molar refractivity (Wildman–Crippen MR) is 62.3 cm³/mol. The number of rotatable bonds is 3. The molecule has 0 saturated carbocycles. The van der Waals surface area contributed by atoms with Crippen LogP contribution in [-0.4, -0.2) is 27.3 Å². The van der Waals surface area contributed by atoms with E-state index in [0.717, 1.165) is 0 Å². The average molecular weight is 252 g/mol. The van der Waals surface area contributed by atoms with Gasteiger partial charge in [-0.25, -0.2) is 9.48 Å². The van der Waals surface area contributed by atoms with Crippen LogP contribution in [0.1, 0.15) is 17.3 Å². The predicted octanol–water partition coefficient (Wildman–Crippen LogP) is 2.10. The third kappa shape index (κ3) is 2.45. The van der Waals surface area contributed by atoms with E-state index in [0.29, 0.717) is 22.9 Å². The fraction of sp³-hybridized carbons (Fsp3) is 0.182. The molecule has 0 amide bonds. The molecule has 0 aliphatic rings. The SMILES string of the molecule is CCOC(=O)c1cnn(-c2ccncc2Cl)c1. The minimum absolute atomic E-state index is 0.333. The first-order chi connectivity index (χ1) is 8.22. The molecule has 6 heteroatoms. The molecule has 2 aromatic heterocycles. The van der Waals surface area contributed by atoms with E-state index >= 15 is 0 Å². The molecule has 0 spiro atoms. The molecular weight excluding hydrogens is 242 g/mol. The van der Waals surface area contributed by atoms with Gasteiger partial charge in [-0.15, -0.1) is 0 Å². The fourth-order valence-electron chi connectivity index (χ4n) is 1.33. The van der Waals surface area contributed by atoms with Gasteiger partial charge in [-0.1, -0.05) is 11.6 Å². The minimum Gasteiger partial charge on any atom is -0.462 e. The summed E-state index contributed by atoms with van der Waals surface area (Å²) in [5.41, 5.74) is 1.05. The van der Waals surface area contributed by atoms with E-state index in [2.05, 4.69) is 10.1 Å². The first-order valence-corrected chi connectivity index (χ1v) is 5.42. The second kappa shape index (κ2) is 4.97. The molecule has 2 rings (SSSR count). The summed E-state index contributed by atoms with van der Waals surface area (Å²) in [5, 5.41) is 4.52. The Kier molecular flexibility index (Phi) is 3.39. The van der Waals surface area contributed by atoms with Crippen LogP contribution < -0.4 is 0 Å². The van der Waals surface area contributed by atoms with Gasteiger partial charge in [0.15, 0.2) is 0 Å². The van der Waals surface area contributed by atoms with Crippen molar-refractivity contribution in [2.45, 2.75) is 6.92 Å². The fourth-order valence-corrected chi connectivity index (χ4v) is 1.53. The standard InChI is InChI=1S/C11H10ClN3O2/c1-2-17-11(16)8-5-14-15(7-8)10-3-4-13-6-9(10)12/h3-7H,2H2,1H3. The number of halogens is 1. The molecule has 0 fully saturated rings. The van der Waals surface area contributed by atoms with Crippen molar-refractivity contribution in [3.63, 3.8) is 0 Å². The second-order valence-electron chi connectivity index (χ2n) is 3.22. The van der Waals surface area contributed by atoms with Crippen molar-refractivity contribution in [3.05, 3.63) is 41.4 Å². The number of hydrogen-bond donors (Lipinski definition) is 0.